The number of thiophene rings is 1. The van der Waals surface area contributed by atoms with Gasteiger partial charge in [-0.1, -0.05) is 0 Å². The van der Waals surface area contributed by atoms with Crippen LogP contribution >= 0.6 is 23.7 Å². The zero-order chi connectivity index (χ0) is 9.97. The van der Waals surface area contributed by atoms with Crippen LogP contribution in [0.15, 0.2) is 12.1 Å². The SMILES string of the molecule is Cc1ccc(CN2CCC(CN)C2)s1.Cl. The van der Waals surface area contributed by atoms with Crippen molar-refractivity contribution in [3.05, 3.63) is 21.9 Å². The quantitative estimate of drug-likeness (QED) is 0.887. The minimum absolute atomic E-state index is 0. The van der Waals surface area contributed by atoms with Crippen LogP contribution in [0.5, 0.6) is 0 Å². The van der Waals surface area contributed by atoms with Crippen molar-refractivity contribution in [1.29, 1.82) is 0 Å². The summed E-state index contributed by atoms with van der Waals surface area (Å²) in [5.41, 5.74) is 5.67. The summed E-state index contributed by atoms with van der Waals surface area (Å²) in [6.07, 6.45) is 1.28. The molecule has 86 valence electrons. The number of rotatable bonds is 3. The zero-order valence-electron chi connectivity index (χ0n) is 9.11. The lowest BCUT2D eigenvalue weighted by Gasteiger charge is -2.13. The van der Waals surface area contributed by atoms with Gasteiger partial charge >= 0.3 is 0 Å². The van der Waals surface area contributed by atoms with Gasteiger partial charge in [0.1, 0.15) is 0 Å². The molecule has 0 aromatic carbocycles. The third-order valence-corrected chi connectivity index (χ3v) is 3.86. The molecule has 0 radical (unpaired) electrons. The monoisotopic (exact) mass is 246 g/mol. The van der Waals surface area contributed by atoms with Gasteiger partial charge in [-0.3, -0.25) is 4.90 Å². The summed E-state index contributed by atoms with van der Waals surface area (Å²) in [6.45, 7) is 6.54. The van der Waals surface area contributed by atoms with Crippen LogP contribution < -0.4 is 5.73 Å². The standard InChI is InChI=1S/C11H18N2S.ClH/c1-9-2-3-11(14-9)8-13-5-4-10(6-12)7-13;/h2-3,10H,4-8,12H2,1H3;1H. The molecule has 2 heterocycles. The third kappa shape index (κ3) is 3.45. The highest BCUT2D eigenvalue weighted by molar-refractivity contribution is 7.11. The Morgan fingerprint density at radius 2 is 2.33 bits per heavy atom. The molecule has 1 aliphatic rings. The summed E-state index contributed by atoms with van der Waals surface area (Å²) in [7, 11) is 0. The van der Waals surface area contributed by atoms with Crippen molar-refractivity contribution in [2.75, 3.05) is 19.6 Å². The van der Waals surface area contributed by atoms with Crippen molar-refractivity contribution < 1.29 is 0 Å². The zero-order valence-corrected chi connectivity index (χ0v) is 10.7. The van der Waals surface area contributed by atoms with Gasteiger partial charge in [0.05, 0.1) is 0 Å². The number of nitrogens with two attached hydrogens (primary N) is 1. The normalized spacial score (nSPS) is 21.6. The van der Waals surface area contributed by atoms with E-state index in [-0.39, 0.29) is 12.4 Å². The molecule has 0 amide bonds. The second-order valence-electron chi connectivity index (χ2n) is 4.14. The van der Waals surface area contributed by atoms with Crippen LogP contribution in [0.4, 0.5) is 0 Å². The molecule has 1 fully saturated rings. The first kappa shape index (κ1) is 13.0. The molecule has 1 aromatic rings. The number of nitrogens with zero attached hydrogens (tertiary/aromatic N) is 1. The smallest absolute Gasteiger partial charge is 0.0328 e. The van der Waals surface area contributed by atoms with E-state index in [2.05, 4.69) is 24.0 Å². The van der Waals surface area contributed by atoms with Crippen LogP contribution in [-0.4, -0.2) is 24.5 Å². The van der Waals surface area contributed by atoms with Gasteiger partial charge in [0.2, 0.25) is 0 Å². The van der Waals surface area contributed by atoms with Gasteiger partial charge in [-0.25, -0.2) is 0 Å². The Morgan fingerprint density at radius 3 is 2.87 bits per heavy atom. The molecule has 0 saturated carbocycles. The summed E-state index contributed by atoms with van der Waals surface area (Å²) in [5.74, 6) is 0.732. The molecule has 4 heteroatoms. The first-order valence-corrected chi connectivity index (χ1v) is 6.07. The number of likely N-dealkylation sites (tertiary alicyclic amines) is 1. The molecule has 0 bridgehead atoms. The largest absolute Gasteiger partial charge is 0.330 e. The van der Waals surface area contributed by atoms with Crippen molar-refractivity contribution in [3.8, 4) is 0 Å². The Bertz CT molecular complexity index is 301. The van der Waals surface area contributed by atoms with Gasteiger partial charge in [-0.2, -0.15) is 0 Å². The molecule has 2 nitrogen and oxygen atoms in total. The van der Waals surface area contributed by atoms with Crippen LogP contribution in [0, 0.1) is 12.8 Å². The Morgan fingerprint density at radius 1 is 1.53 bits per heavy atom. The maximum Gasteiger partial charge on any atom is 0.0328 e. The van der Waals surface area contributed by atoms with Gasteiger partial charge < -0.3 is 5.73 Å². The number of hydrogen-bond acceptors (Lipinski definition) is 3. The maximum atomic E-state index is 5.67. The minimum Gasteiger partial charge on any atom is -0.330 e. The molecule has 2 rings (SSSR count). The highest BCUT2D eigenvalue weighted by Crippen LogP contribution is 2.21. The van der Waals surface area contributed by atoms with Crippen LogP contribution in [0.25, 0.3) is 0 Å². The Labute approximate surface area is 102 Å². The molecule has 1 saturated heterocycles. The summed E-state index contributed by atoms with van der Waals surface area (Å²) >= 11 is 1.91. The molecule has 1 unspecified atom stereocenters. The van der Waals surface area contributed by atoms with E-state index >= 15 is 0 Å². The van der Waals surface area contributed by atoms with E-state index in [0.29, 0.717) is 0 Å². The van der Waals surface area contributed by atoms with Crippen molar-refractivity contribution in [2.24, 2.45) is 11.7 Å². The summed E-state index contributed by atoms with van der Waals surface area (Å²) in [6, 6.07) is 4.45. The minimum atomic E-state index is 0. The summed E-state index contributed by atoms with van der Waals surface area (Å²) in [5, 5.41) is 0. The van der Waals surface area contributed by atoms with E-state index in [1.807, 2.05) is 11.3 Å². The topological polar surface area (TPSA) is 29.3 Å². The number of hydrogen-bond donors (Lipinski definition) is 1. The van der Waals surface area contributed by atoms with Gasteiger partial charge in [-0.05, 0) is 44.5 Å². The van der Waals surface area contributed by atoms with Crippen molar-refractivity contribution in [3.63, 3.8) is 0 Å². The van der Waals surface area contributed by atoms with E-state index in [4.69, 9.17) is 5.73 Å². The number of aryl methyl sites for hydroxylation is 1. The average molecular weight is 247 g/mol. The van der Waals surface area contributed by atoms with Crippen LogP contribution in [0.3, 0.4) is 0 Å². The molecule has 15 heavy (non-hydrogen) atoms. The van der Waals surface area contributed by atoms with Gasteiger partial charge in [0.15, 0.2) is 0 Å². The van der Waals surface area contributed by atoms with E-state index in [1.54, 1.807) is 0 Å². The van der Waals surface area contributed by atoms with Gasteiger partial charge in [0, 0.05) is 22.8 Å². The average Bonchev–Trinajstić information content (AvgIpc) is 2.76. The lowest BCUT2D eigenvalue weighted by Crippen LogP contribution is -2.22. The predicted molar refractivity (Wildman–Crippen MR) is 68.7 cm³/mol. The predicted octanol–water partition coefficient (Wildman–Crippen LogP) is 2.26. The van der Waals surface area contributed by atoms with Crippen molar-refractivity contribution in [1.82, 2.24) is 4.90 Å². The lowest BCUT2D eigenvalue weighted by molar-refractivity contribution is 0.320. The molecule has 0 spiro atoms. The Hall–Kier alpha value is -0.0900. The lowest BCUT2D eigenvalue weighted by atomic mass is 10.1. The van der Waals surface area contributed by atoms with Crippen molar-refractivity contribution >= 4 is 23.7 Å². The fourth-order valence-electron chi connectivity index (χ4n) is 2.04. The molecular weight excluding hydrogens is 228 g/mol. The van der Waals surface area contributed by atoms with E-state index in [9.17, 15) is 0 Å². The fourth-order valence-corrected chi connectivity index (χ4v) is 2.97. The summed E-state index contributed by atoms with van der Waals surface area (Å²) in [4.78, 5) is 5.41. The highest BCUT2D eigenvalue weighted by atomic mass is 35.5. The Balaban J connectivity index is 0.00000112. The van der Waals surface area contributed by atoms with Crippen LogP contribution in [-0.2, 0) is 6.54 Å². The van der Waals surface area contributed by atoms with E-state index in [0.717, 1.165) is 19.0 Å². The second kappa shape index (κ2) is 5.85. The fraction of sp³-hybridized carbons (Fsp3) is 0.636. The van der Waals surface area contributed by atoms with Crippen LogP contribution in [0.1, 0.15) is 16.2 Å². The first-order valence-electron chi connectivity index (χ1n) is 5.25. The third-order valence-electron chi connectivity index (χ3n) is 2.88. The summed E-state index contributed by atoms with van der Waals surface area (Å²) < 4.78 is 0. The maximum absolute atomic E-state index is 5.67. The van der Waals surface area contributed by atoms with E-state index < -0.39 is 0 Å². The molecule has 1 aliphatic heterocycles. The molecular formula is C11H19ClN2S. The first-order chi connectivity index (χ1) is 6.78. The molecule has 2 N–H and O–H groups in total. The van der Waals surface area contributed by atoms with Gasteiger partial charge in [0.25, 0.3) is 0 Å². The second-order valence-corrected chi connectivity index (χ2v) is 5.51. The van der Waals surface area contributed by atoms with Crippen LogP contribution in [0.2, 0.25) is 0 Å². The molecule has 1 aromatic heterocycles. The highest BCUT2D eigenvalue weighted by Gasteiger charge is 2.21. The molecule has 1 atom stereocenters. The molecule has 0 aliphatic carbocycles. The van der Waals surface area contributed by atoms with E-state index in [1.165, 1.54) is 29.3 Å². The Kier molecular flexibility index (Phi) is 5.06. The number of halogens is 1. The van der Waals surface area contributed by atoms with Gasteiger partial charge in [-0.15, -0.1) is 23.7 Å². The van der Waals surface area contributed by atoms with Crippen molar-refractivity contribution in [2.45, 2.75) is 19.9 Å².